The van der Waals surface area contributed by atoms with E-state index in [0.29, 0.717) is 23.1 Å². The van der Waals surface area contributed by atoms with Gasteiger partial charge >= 0.3 is 0 Å². The van der Waals surface area contributed by atoms with Crippen LogP contribution in [0.2, 0.25) is 0 Å². The van der Waals surface area contributed by atoms with Gasteiger partial charge in [0.1, 0.15) is 4.47 Å². The van der Waals surface area contributed by atoms with Gasteiger partial charge in [-0.3, -0.25) is 9.59 Å². The Bertz CT molecular complexity index is 543. The Hall–Kier alpha value is -1.37. The summed E-state index contributed by atoms with van der Waals surface area (Å²) in [6, 6.07) is 0.0623. The van der Waals surface area contributed by atoms with Crippen LogP contribution in [0.4, 0.5) is 5.69 Å². The van der Waals surface area contributed by atoms with Gasteiger partial charge in [0.15, 0.2) is 0 Å². The van der Waals surface area contributed by atoms with E-state index in [1.165, 1.54) is 4.68 Å². The SMILES string of the molecule is C[C@H](CN1CCCC1=O)Nc1cnn(C)c(=O)c1Br. The molecular formula is C12H17BrN4O2. The summed E-state index contributed by atoms with van der Waals surface area (Å²) in [5.74, 6) is 0.204. The molecule has 1 aromatic rings. The van der Waals surface area contributed by atoms with Gasteiger partial charge in [-0.1, -0.05) is 0 Å². The number of amides is 1. The lowest BCUT2D eigenvalue weighted by molar-refractivity contribution is -0.127. The number of nitrogens with one attached hydrogen (secondary N) is 1. The largest absolute Gasteiger partial charge is 0.378 e. The quantitative estimate of drug-likeness (QED) is 0.894. The van der Waals surface area contributed by atoms with Crippen molar-refractivity contribution in [1.82, 2.24) is 14.7 Å². The van der Waals surface area contributed by atoms with Crippen molar-refractivity contribution in [2.24, 2.45) is 7.05 Å². The first-order valence-electron chi connectivity index (χ1n) is 6.25. The van der Waals surface area contributed by atoms with Crippen molar-refractivity contribution in [3.8, 4) is 0 Å². The zero-order valence-electron chi connectivity index (χ0n) is 11.0. The van der Waals surface area contributed by atoms with Crippen molar-refractivity contribution in [2.45, 2.75) is 25.8 Å². The summed E-state index contributed by atoms with van der Waals surface area (Å²) < 4.78 is 1.73. The second-order valence-corrected chi connectivity index (χ2v) is 5.58. The number of hydrogen-bond donors (Lipinski definition) is 1. The number of carbonyl (C=O) groups excluding carboxylic acids is 1. The highest BCUT2D eigenvalue weighted by Gasteiger charge is 2.22. The van der Waals surface area contributed by atoms with E-state index >= 15 is 0 Å². The molecule has 0 spiro atoms. The molecule has 1 amide bonds. The normalized spacial score (nSPS) is 16.8. The van der Waals surface area contributed by atoms with E-state index < -0.39 is 0 Å². The Morgan fingerprint density at radius 2 is 2.26 bits per heavy atom. The molecule has 7 heteroatoms. The Morgan fingerprint density at radius 1 is 1.53 bits per heavy atom. The van der Waals surface area contributed by atoms with Gasteiger partial charge in [0, 0.05) is 32.6 Å². The number of aromatic nitrogens is 2. The van der Waals surface area contributed by atoms with Gasteiger partial charge in [-0.2, -0.15) is 5.10 Å². The second kappa shape index (κ2) is 5.73. The van der Waals surface area contributed by atoms with Gasteiger partial charge in [-0.25, -0.2) is 4.68 Å². The number of nitrogens with zero attached hydrogens (tertiary/aromatic N) is 3. The molecule has 1 aromatic heterocycles. The summed E-state index contributed by atoms with van der Waals surface area (Å²) in [5, 5.41) is 7.18. The highest BCUT2D eigenvalue weighted by molar-refractivity contribution is 9.10. The van der Waals surface area contributed by atoms with Crippen molar-refractivity contribution in [3.05, 3.63) is 21.0 Å². The lowest BCUT2D eigenvalue weighted by atomic mass is 10.3. The maximum absolute atomic E-state index is 11.7. The zero-order chi connectivity index (χ0) is 14.0. The monoisotopic (exact) mass is 328 g/mol. The van der Waals surface area contributed by atoms with Gasteiger partial charge in [0.2, 0.25) is 5.91 Å². The molecule has 2 rings (SSSR count). The Labute approximate surface area is 119 Å². The van der Waals surface area contributed by atoms with Crippen LogP contribution >= 0.6 is 15.9 Å². The fourth-order valence-corrected chi connectivity index (χ4v) is 2.62. The van der Waals surface area contributed by atoms with Gasteiger partial charge in [-0.05, 0) is 29.3 Å². The van der Waals surface area contributed by atoms with Crippen LogP contribution in [-0.4, -0.2) is 39.7 Å². The smallest absolute Gasteiger partial charge is 0.282 e. The minimum Gasteiger partial charge on any atom is -0.378 e. The molecule has 1 saturated heterocycles. The molecule has 19 heavy (non-hydrogen) atoms. The molecule has 6 nitrogen and oxygen atoms in total. The third-order valence-electron chi connectivity index (χ3n) is 3.15. The predicted molar refractivity (Wildman–Crippen MR) is 76.1 cm³/mol. The van der Waals surface area contributed by atoms with Crippen LogP contribution in [0.5, 0.6) is 0 Å². The van der Waals surface area contributed by atoms with E-state index in [-0.39, 0.29) is 17.5 Å². The third-order valence-corrected chi connectivity index (χ3v) is 3.91. The second-order valence-electron chi connectivity index (χ2n) is 4.79. The standard InChI is InChI=1S/C12H17BrN4O2/c1-8(7-17-5-3-4-10(17)18)15-9-6-14-16(2)12(19)11(9)13/h6,8,15H,3-5,7H2,1-2H3/t8-/m1/s1. The predicted octanol–water partition coefficient (Wildman–Crippen LogP) is 0.966. The molecule has 1 aliphatic rings. The van der Waals surface area contributed by atoms with E-state index in [0.717, 1.165) is 13.0 Å². The first-order chi connectivity index (χ1) is 8.99. The number of rotatable bonds is 4. The van der Waals surface area contributed by atoms with Crippen LogP contribution in [0.3, 0.4) is 0 Å². The molecule has 1 atom stereocenters. The number of anilines is 1. The van der Waals surface area contributed by atoms with E-state index in [9.17, 15) is 9.59 Å². The molecule has 0 bridgehead atoms. The van der Waals surface area contributed by atoms with Crippen molar-refractivity contribution < 1.29 is 4.79 Å². The number of aryl methyl sites for hydroxylation is 1. The number of halogens is 1. The first-order valence-corrected chi connectivity index (χ1v) is 7.04. The Morgan fingerprint density at radius 3 is 2.89 bits per heavy atom. The summed E-state index contributed by atoms with van der Waals surface area (Å²) in [7, 11) is 1.60. The van der Waals surface area contributed by atoms with Crippen LogP contribution in [0.25, 0.3) is 0 Å². The molecule has 104 valence electrons. The average Bonchev–Trinajstić information content (AvgIpc) is 2.76. The van der Waals surface area contributed by atoms with Crippen molar-refractivity contribution in [3.63, 3.8) is 0 Å². The van der Waals surface area contributed by atoms with Crippen molar-refractivity contribution in [1.29, 1.82) is 0 Å². The third kappa shape index (κ3) is 3.15. The molecular weight excluding hydrogens is 312 g/mol. The minimum absolute atomic E-state index is 0.0623. The summed E-state index contributed by atoms with van der Waals surface area (Å²) in [4.78, 5) is 25.1. The summed E-state index contributed by atoms with van der Waals surface area (Å²) in [6.07, 6.45) is 3.18. The maximum atomic E-state index is 11.7. The van der Waals surface area contributed by atoms with E-state index in [1.807, 2.05) is 11.8 Å². The van der Waals surface area contributed by atoms with Gasteiger partial charge in [-0.15, -0.1) is 0 Å². The van der Waals surface area contributed by atoms with Crippen molar-refractivity contribution >= 4 is 27.5 Å². The molecule has 0 saturated carbocycles. The molecule has 1 aliphatic heterocycles. The molecule has 0 radical (unpaired) electrons. The van der Waals surface area contributed by atoms with Crippen LogP contribution < -0.4 is 10.9 Å². The highest BCUT2D eigenvalue weighted by atomic mass is 79.9. The number of hydrogen-bond acceptors (Lipinski definition) is 4. The lowest BCUT2D eigenvalue weighted by Gasteiger charge is -2.22. The topological polar surface area (TPSA) is 67.2 Å². The van der Waals surface area contributed by atoms with E-state index in [4.69, 9.17) is 0 Å². The minimum atomic E-state index is -0.186. The fourth-order valence-electron chi connectivity index (χ4n) is 2.15. The van der Waals surface area contributed by atoms with Crippen molar-refractivity contribution in [2.75, 3.05) is 18.4 Å². The van der Waals surface area contributed by atoms with Crippen LogP contribution in [0, 0.1) is 0 Å². The number of likely N-dealkylation sites (tertiary alicyclic amines) is 1. The molecule has 0 aromatic carbocycles. The summed E-state index contributed by atoms with van der Waals surface area (Å²) >= 11 is 3.27. The van der Waals surface area contributed by atoms with E-state index in [1.54, 1.807) is 13.2 Å². The fraction of sp³-hybridized carbons (Fsp3) is 0.583. The molecule has 1 fully saturated rings. The lowest BCUT2D eigenvalue weighted by Crippen LogP contribution is -2.36. The summed E-state index contributed by atoms with van der Waals surface area (Å²) in [5.41, 5.74) is 0.469. The molecule has 0 aliphatic carbocycles. The molecule has 0 unspecified atom stereocenters. The first kappa shape index (κ1) is 14.0. The molecule has 2 heterocycles. The van der Waals surface area contributed by atoms with Gasteiger partial charge in [0.05, 0.1) is 11.9 Å². The Kier molecular flexibility index (Phi) is 4.24. The maximum Gasteiger partial charge on any atom is 0.282 e. The van der Waals surface area contributed by atoms with Crippen LogP contribution in [0.15, 0.2) is 15.5 Å². The average molecular weight is 329 g/mol. The van der Waals surface area contributed by atoms with Gasteiger partial charge in [0.25, 0.3) is 5.56 Å². The number of carbonyl (C=O) groups is 1. The highest BCUT2D eigenvalue weighted by Crippen LogP contribution is 2.18. The van der Waals surface area contributed by atoms with Gasteiger partial charge < -0.3 is 10.2 Å². The van der Waals surface area contributed by atoms with E-state index in [2.05, 4.69) is 26.3 Å². The summed E-state index contributed by atoms with van der Waals surface area (Å²) in [6.45, 7) is 3.44. The molecule has 1 N–H and O–H groups in total. The zero-order valence-corrected chi connectivity index (χ0v) is 12.6. The Balaban J connectivity index is 2.03. The van der Waals surface area contributed by atoms with Crippen LogP contribution in [0.1, 0.15) is 19.8 Å². The van der Waals surface area contributed by atoms with Crippen LogP contribution in [-0.2, 0) is 11.8 Å².